The molecule has 3 rings (SSSR count). The number of hydrogen-bond acceptors (Lipinski definition) is 7. The highest BCUT2D eigenvalue weighted by Gasteiger charge is 2.25. The summed E-state index contributed by atoms with van der Waals surface area (Å²) in [5.74, 6) is 0.825. The first-order valence-corrected chi connectivity index (χ1v) is 8.61. The summed E-state index contributed by atoms with van der Waals surface area (Å²) < 4.78 is 10.2. The van der Waals surface area contributed by atoms with E-state index < -0.39 is 0 Å². The molecule has 9 heteroatoms. The van der Waals surface area contributed by atoms with Gasteiger partial charge in [0, 0.05) is 45.2 Å². The predicted molar refractivity (Wildman–Crippen MR) is 91.0 cm³/mol. The van der Waals surface area contributed by atoms with Gasteiger partial charge in [-0.05, 0) is 19.1 Å². The van der Waals surface area contributed by atoms with E-state index in [1.807, 2.05) is 12.1 Å². The van der Waals surface area contributed by atoms with Crippen molar-refractivity contribution in [2.45, 2.75) is 19.8 Å². The van der Waals surface area contributed by atoms with Crippen molar-refractivity contribution < 1.29 is 18.8 Å². The fraction of sp³-hybridized carbons (Fsp3) is 0.471. The van der Waals surface area contributed by atoms with E-state index in [1.54, 1.807) is 29.0 Å². The lowest BCUT2D eigenvalue weighted by molar-refractivity contribution is -0.132. The first-order chi connectivity index (χ1) is 12.7. The molecular formula is C17H21N5O4. The van der Waals surface area contributed by atoms with Crippen LogP contribution in [-0.2, 0) is 16.0 Å². The van der Waals surface area contributed by atoms with Crippen LogP contribution >= 0.6 is 0 Å². The summed E-state index contributed by atoms with van der Waals surface area (Å²) in [6.45, 7) is 4.09. The van der Waals surface area contributed by atoms with Gasteiger partial charge in [-0.3, -0.25) is 9.78 Å². The molecule has 0 saturated carbocycles. The molecule has 1 aliphatic heterocycles. The fourth-order valence-electron chi connectivity index (χ4n) is 2.68. The zero-order chi connectivity index (χ0) is 18.4. The van der Waals surface area contributed by atoms with Crippen molar-refractivity contribution >= 4 is 12.0 Å². The predicted octanol–water partition coefficient (Wildman–Crippen LogP) is 1.36. The van der Waals surface area contributed by atoms with Gasteiger partial charge in [0.15, 0.2) is 0 Å². The van der Waals surface area contributed by atoms with Gasteiger partial charge in [0.1, 0.15) is 5.69 Å². The van der Waals surface area contributed by atoms with Crippen molar-refractivity contribution in [3.05, 3.63) is 30.3 Å². The van der Waals surface area contributed by atoms with Gasteiger partial charge >= 0.3 is 6.09 Å². The van der Waals surface area contributed by atoms with E-state index in [0.29, 0.717) is 56.6 Å². The lowest BCUT2D eigenvalue weighted by Crippen LogP contribution is -2.50. The van der Waals surface area contributed by atoms with Crippen LogP contribution in [0.15, 0.2) is 28.9 Å². The van der Waals surface area contributed by atoms with Gasteiger partial charge in [0.25, 0.3) is 0 Å². The average Bonchev–Trinajstić information content (AvgIpc) is 3.16. The van der Waals surface area contributed by atoms with Crippen LogP contribution in [-0.4, -0.2) is 69.7 Å². The average molecular weight is 359 g/mol. The first kappa shape index (κ1) is 17.8. The normalized spacial score (nSPS) is 14.3. The SMILES string of the molecule is CCOC(=O)N1CCN(C(=O)CCc2nc(-c3ccccn3)no2)CC1. The number of rotatable bonds is 5. The Hall–Kier alpha value is -2.97. The Kier molecular flexibility index (Phi) is 5.77. The molecule has 0 bridgehead atoms. The van der Waals surface area contributed by atoms with E-state index in [9.17, 15) is 9.59 Å². The van der Waals surface area contributed by atoms with Gasteiger partial charge in [-0.25, -0.2) is 4.79 Å². The number of pyridine rings is 1. The van der Waals surface area contributed by atoms with Crippen molar-refractivity contribution in [2.24, 2.45) is 0 Å². The molecule has 2 aromatic heterocycles. The van der Waals surface area contributed by atoms with Crippen molar-refractivity contribution in [1.29, 1.82) is 0 Å². The van der Waals surface area contributed by atoms with E-state index in [-0.39, 0.29) is 18.4 Å². The lowest BCUT2D eigenvalue weighted by Gasteiger charge is -2.34. The van der Waals surface area contributed by atoms with E-state index in [4.69, 9.17) is 9.26 Å². The zero-order valence-electron chi connectivity index (χ0n) is 14.6. The Balaban J connectivity index is 1.46. The van der Waals surface area contributed by atoms with Crippen LogP contribution in [0.5, 0.6) is 0 Å². The second kappa shape index (κ2) is 8.41. The van der Waals surface area contributed by atoms with Crippen molar-refractivity contribution in [2.75, 3.05) is 32.8 Å². The van der Waals surface area contributed by atoms with Gasteiger partial charge in [0.05, 0.1) is 6.61 Å². The second-order valence-electron chi connectivity index (χ2n) is 5.79. The number of aromatic nitrogens is 3. The maximum absolute atomic E-state index is 12.3. The summed E-state index contributed by atoms with van der Waals surface area (Å²) in [6, 6.07) is 5.45. The maximum atomic E-state index is 12.3. The number of carbonyl (C=O) groups is 2. The highest BCUT2D eigenvalue weighted by atomic mass is 16.6. The molecular weight excluding hydrogens is 338 g/mol. The molecule has 1 aliphatic rings. The molecule has 0 radical (unpaired) electrons. The molecule has 9 nitrogen and oxygen atoms in total. The van der Waals surface area contributed by atoms with E-state index >= 15 is 0 Å². The molecule has 3 heterocycles. The molecule has 0 N–H and O–H groups in total. The highest BCUT2D eigenvalue weighted by molar-refractivity contribution is 5.77. The van der Waals surface area contributed by atoms with E-state index in [2.05, 4.69) is 15.1 Å². The topological polar surface area (TPSA) is 102 Å². The summed E-state index contributed by atoms with van der Waals surface area (Å²) >= 11 is 0. The fourth-order valence-corrected chi connectivity index (χ4v) is 2.68. The summed E-state index contributed by atoms with van der Waals surface area (Å²) in [6.07, 6.45) is 1.98. The number of carbonyl (C=O) groups excluding carboxylic acids is 2. The van der Waals surface area contributed by atoms with Gasteiger partial charge < -0.3 is 19.1 Å². The van der Waals surface area contributed by atoms with Crippen molar-refractivity contribution in [3.8, 4) is 11.5 Å². The number of ether oxygens (including phenoxy) is 1. The first-order valence-electron chi connectivity index (χ1n) is 8.61. The van der Waals surface area contributed by atoms with E-state index in [1.165, 1.54) is 0 Å². The Morgan fingerprint density at radius 1 is 1.19 bits per heavy atom. The van der Waals surface area contributed by atoms with Gasteiger partial charge in [-0.1, -0.05) is 11.2 Å². The van der Waals surface area contributed by atoms with Crippen LogP contribution in [0.1, 0.15) is 19.2 Å². The molecule has 1 fully saturated rings. The van der Waals surface area contributed by atoms with Crippen LogP contribution in [0, 0.1) is 0 Å². The summed E-state index contributed by atoms with van der Waals surface area (Å²) in [4.78, 5) is 35.8. The minimum Gasteiger partial charge on any atom is -0.450 e. The van der Waals surface area contributed by atoms with E-state index in [0.717, 1.165) is 0 Å². The molecule has 138 valence electrons. The zero-order valence-corrected chi connectivity index (χ0v) is 14.6. The molecule has 0 unspecified atom stereocenters. The minimum atomic E-state index is -0.326. The highest BCUT2D eigenvalue weighted by Crippen LogP contribution is 2.13. The van der Waals surface area contributed by atoms with Crippen LogP contribution < -0.4 is 0 Å². The van der Waals surface area contributed by atoms with Gasteiger partial charge in [-0.15, -0.1) is 0 Å². The second-order valence-corrected chi connectivity index (χ2v) is 5.79. The third-order valence-electron chi connectivity index (χ3n) is 4.07. The molecule has 0 atom stereocenters. The quantitative estimate of drug-likeness (QED) is 0.794. The van der Waals surface area contributed by atoms with Crippen LogP contribution in [0.3, 0.4) is 0 Å². The van der Waals surface area contributed by atoms with Crippen LogP contribution in [0.2, 0.25) is 0 Å². The van der Waals surface area contributed by atoms with Gasteiger partial charge in [0.2, 0.25) is 17.6 Å². The lowest BCUT2D eigenvalue weighted by atomic mass is 10.2. The molecule has 0 aliphatic carbocycles. The summed E-state index contributed by atoms with van der Waals surface area (Å²) in [5, 5.41) is 3.89. The smallest absolute Gasteiger partial charge is 0.409 e. The van der Waals surface area contributed by atoms with Crippen molar-refractivity contribution in [1.82, 2.24) is 24.9 Å². The number of amides is 2. The summed E-state index contributed by atoms with van der Waals surface area (Å²) in [5.41, 5.74) is 0.629. The summed E-state index contributed by atoms with van der Waals surface area (Å²) in [7, 11) is 0. The number of nitrogens with zero attached hydrogens (tertiary/aromatic N) is 5. The number of aryl methyl sites for hydroxylation is 1. The largest absolute Gasteiger partial charge is 0.450 e. The minimum absolute atomic E-state index is 0.00564. The molecule has 26 heavy (non-hydrogen) atoms. The molecule has 1 saturated heterocycles. The van der Waals surface area contributed by atoms with Crippen molar-refractivity contribution in [3.63, 3.8) is 0 Å². The third kappa shape index (κ3) is 4.35. The molecule has 2 aromatic rings. The van der Waals surface area contributed by atoms with Crippen LogP contribution in [0.25, 0.3) is 11.5 Å². The Morgan fingerprint density at radius 3 is 2.65 bits per heavy atom. The maximum Gasteiger partial charge on any atom is 0.409 e. The van der Waals surface area contributed by atoms with Crippen LogP contribution in [0.4, 0.5) is 4.79 Å². The molecule has 0 spiro atoms. The number of piperazine rings is 1. The molecule has 0 aromatic carbocycles. The standard InChI is InChI=1S/C17H21N5O4/c1-2-25-17(24)22-11-9-21(10-12-22)15(23)7-6-14-19-16(20-26-14)13-5-3-4-8-18-13/h3-5,8H,2,6-7,9-12H2,1H3. The number of hydrogen-bond donors (Lipinski definition) is 0. The van der Waals surface area contributed by atoms with Gasteiger partial charge in [-0.2, -0.15) is 4.98 Å². The Bertz CT molecular complexity index is 741. The monoisotopic (exact) mass is 359 g/mol. The molecule has 2 amide bonds. The Morgan fingerprint density at radius 2 is 1.96 bits per heavy atom. The third-order valence-corrected chi connectivity index (χ3v) is 4.07. The Labute approximate surface area is 150 Å².